The second-order valence-electron chi connectivity index (χ2n) is 4.99. The SMILES string of the molecule is COC(=O)C(C)CN(C)CCC(=O)Nc1cccc(Cl)c1. The van der Waals surface area contributed by atoms with E-state index in [0.717, 1.165) is 0 Å². The molecule has 0 saturated carbocycles. The number of amides is 1. The third-order valence-corrected chi connectivity index (χ3v) is 3.25. The number of nitrogens with zero attached hydrogens (tertiary/aromatic N) is 1. The molecule has 0 bridgehead atoms. The van der Waals surface area contributed by atoms with E-state index < -0.39 is 0 Å². The van der Waals surface area contributed by atoms with Crippen molar-refractivity contribution in [2.24, 2.45) is 5.92 Å². The molecule has 21 heavy (non-hydrogen) atoms. The monoisotopic (exact) mass is 312 g/mol. The van der Waals surface area contributed by atoms with Gasteiger partial charge in [0.15, 0.2) is 0 Å². The Bertz CT molecular complexity index is 494. The minimum Gasteiger partial charge on any atom is -0.469 e. The topological polar surface area (TPSA) is 58.6 Å². The summed E-state index contributed by atoms with van der Waals surface area (Å²) in [6, 6.07) is 7.01. The van der Waals surface area contributed by atoms with Crippen molar-refractivity contribution in [1.82, 2.24) is 4.90 Å². The van der Waals surface area contributed by atoms with Gasteiger partial charge in [0.25, 0.3) is 0 Å². The molecule has 1 atom stereocenters. The van der Waals surface area contributed by atoms with Gasteiger partial charge in [-0.25, -0.2) is 0 Å². The minimum atomic E-state index is -0.245. The number of esters is 1. The van der Waals surface area contributed by atoms with Crippen LogP contribution < -0.4 is 5.32 Å². The van der Waals surface area contributed by atoms with Gasteiger partial charge >= 0.3 is 5.97 Å². The number of benzene rings is 1. The number of ether oxygens (including phenoxy) is 1. The van der Waals surface area contributed by atoms with Crippen molar-refractivity contribution in [1.29, 1.82) is 0 Å². The average molecular weight is 313 g/mol. The van der Waals surface area contributed by atoms with Gasteiger partial charge in [-0.05, 0) is 25.2 Å². The fraction of sp³-hybridized carbons (Fsp3) is 0.467. The first-order valence-corrected chi connectivity index (χ1v) is 7.12. The molecule has 0 aliphatic heterocycles. The van der Waals surface area contributed by atoms with Crippen molar-refractivity contribution in [2.45, 2.75) is 13.3 Å². The van der Waals surface area contributed by atoms with Crippen LogP contribution in [0.2, 0.25) is 5.02 Å². The van der Waals surface area contributed by atoms with Crippen LogP contribution in [0.5, 0.6) is 0 Å². The number of methoxy groups -OCH3 is 1. The average Bonchev–Trinajstić information content (AvgIpc) is 2.44. The van der Waals surface area contributed by atoms with Crippen LogP contribution >= 0.6 is 11.6 Å². The predicted molar refractivity (Wildman–Crippen MR) is 83.4 cm³/mol. The number of rotatable bonds is 7. The normalized spacial score (nSPS) is 12.0. The number of carbonyl (C=O) groups excluding carboxylic acids is 2. The van der Waals surface area contributed by atoms with Gasteiger partial charge in [-0.3, -0.25) is 9.59 Å². The smallest absolute Gasteiger partial charge is 0.309 e. The van der Waals surface area contributed by atoms with Crippen LogP contribution in [0.4, 0.5) is 5.69 Å². The fourth-order valence-corrected chi connectivity index (χ4v) is 2.11. The summed E-state index contributed by atoms with van der Waals surface area (Å²) < 4.78 is 4.67. The minimum absolute atomic E-state index is 0.0881. The second kappa shape index (κ2) is 8.64. The maximum Gasteiger partial charge on any atom is 0.309 e. The highest BCUT2D eigenvalue weighted by molar-refractivity contribution is 6.30. The van der Waals surface area contributed by atoms with E-state index in [0.29, 0.717) is 30.2 Å². The molecule has 116 valence electrons. The molecule has 1 N–H and O–H groups in total. The summed E-state index contributed by atoms with van der Waals surface area (Å²) in [5.74, 6) is -0.545. The summed E-state index contributed by atoms with van der Waals surface area (Å²) in [6.45, 7) is 2.92. The van der Waals surface area contributed by atoms with Crippen LogP contribution in [-0.4, -0.2) is 44.0 Å². The highest BCUT2D eigenvalue weighted by atomic mass is 35.5. The second-order valence-corrected chi connectivity index (χ2v) is 5.43. The van der Waals surface area contributed by atoms with E-state index in [1.54, 1.807) is 31.2 Å². The number of carbonyl (C=O) groups is 2. The molecule has 0 radical (unpaired) electrons. The first-order valence-electron chi connectivity index (χ1n) is 6.74. The Hall–Kier alpha value is -1.59. The number of halogens is 1. The lowest BCUT2D eigenvalue weighted by molar-refractivity contribution is -0.145. The molecule has 1 aromatic rings. The maximum absolute atomic E-state index is 11.8. The number of anilines is 1. The third-order valence-electron chi connectivity index (χ3n) is 3.02. The Morgan fingerprint density at radius 3 is 2.76 bits per heavy atom. The van der Waals surface area contributed by atoms with E-state index in [1.807, 2.05) is 11.9 Å². The van der Waals surface area contributed by atoms with Crippen LogP contribution in [0.1, 0.15) is 13.3 Å². The molecule has 6 heteroatoms. The summed E-state index contributed by atoms with van der Waals surface area (Å²) in [5.41, 5.74) is 0.679. The van der Waals surface area contributed by atoms with Crippen molar-refractivity contribution in [3.05, 3.63) is 29.3 Å². The van der Waals surface area contributed by atoms with E-state index in [4.69, 9.17) is 11.6 Å². The van der Waals surface area contributed by atoms with Crippen LogP contribution in [-0.2, 0) is 14.3 Å². The number of nitrogens with one attached hydrogen (secondary N) is 1. The van der Waals surface area contributed by atoms with Gasteiger partial charge in [0.2, 0.25) is 5.91 Å². The Kier molecular flexibility index (Phi) is 7.19. The standard InChI is InChI=1S/C15H21ClN2O3/c1-11(15(20)21-3)10-18(2)8-7-14(19)17-13-6-4-5-12(16)9-13/h4-6,9,11H,7-8,10H2,1-3H3,(H,17,19). The van der Waals surface area contributed by atoms with E-state index in [9.17, 15) is 9.59 Å². The van der Waals surface area contributed by atoms with Crippen molar-refractivity contribution in [2.75, 3.05) is 32.6 Å². The zero-order valence-corrected chi connectivity index (χ0v) is 13.3. The lowest BCUT2D eigenvalue weighted by Gasteiger charge is -2.19. The van der Waals surface area contributed by atoms with Crippen molar-refractivity contribution in [3.8, 4) is 0 Å². The molecule has 1 aromatic carbocycles. The summed E-state index contributed by atoms with van der Waals surface area (Å²) in [5, 5.41) is 3.36. The van der Waals surface area contributed by atoms with Crippen molar-refractivity contribution < 1.29 is 14.3 Å². The first kappa shape index (κ1) is 17.5. The molecule has 0 heterocycles. The molecule has 0 aliphatic rings. The summed E-state index contributed by atoms with van der Waals surface area (Å²) in [6.07, 6.45) is 0.344. The highest BCUT2D eigenvalue weighted by Gasteiger charge is 2.15. The maximum atomic E-state index is 11.8. The molecule has 1 rings (SSSR count). The van der Waals surface area contributed by atoms with Gasteiger partial charge in [0.1, 0.15) is 0 Å². The molecule has 0 spiro atoms. The van der Waals surface area contributed by atoms with Crippen LogP contribution in [0.3, 0.4) is 0 Å². The van der Waals surface area contributed by atoms with Gasteiger partial charge in [0, 0.05) is 30.2 Å². The molecular weight excluding hydrogens is 292 g/mol. The molecule has 5 nitrogen and oxygen atoms in total. The molecule has 1 amide bonds. The first-order chi connectivity index (χ1) is 9.92. The molecule has 0 fully saturated rings. The molecule has 0 saturated heterocycles. The molecule has 0 aromatic heterocycles. The van der Waals surface area contributed by atoms with E-state index in [-0.39, 0.29) is 17.8 Å². The quantitative estimate of drug-likeness (QED) is 0.786. The zero-order valence-electron chi connectivity index (χ0n) is 12.6. The largest absolute Gasteiger partial charge is 0.469 e. The Morgan fingerprint density at radius 2 is 2.14 bits per heavy atom. The summed E-state index contributed by atoms with van der Waals surface area (Å²) in [4.78, 5) is 25.1. The third kappa shape index (κ3) is 6.60. The Morgan fingerprint density at radius 1 is 1.43 bits per heavy atom. The lowest BCUT2D eigenvalue weighted by atomic mass is 10.1. The highest BCUT2D eigenvalue weighted by Crippen LogP contribution is 2.15. The summed E-state index contributed by atoms with van der Waals surface area (Å²) in [7, 11) is 3.24. The Balaban J connectivity index is 2.34. The number of hydrogen-bond donors (Lipinski definition) is 1. The zero-order chi connectivity index (χ0) is 15.8. The Labute approximate surface area is 130 Å². The fourth-order valence-electron chi connectivity index (χ4n) is 1.92. The van der Waals surface area contributed by atoms with Crippen LogP contribution in [0.15, 0.2) is 24.3 Å². The molecule has 0 aliphatic carbocycles. The predicted octanol–water partition coefficient (Wildman–Crippen LogP) is 2.41. The van der Waals surface area contributed by atoms with E-state index >= 15 is 0 Å². The summed E-state index contributed by atoms with van der Waals surface area (Å²) >= 11 is 5.85. The van der Waals surface area contributed by atoms with Crippen molar-refractivity contribution >= 4 is 29.2 Å². The van der Waals surface area contributed by atoms with Gasteiger partial charge < -0.3 is 15.0 Å². The van der Waals surface area contributed by atoms with Gasteiger partial charge in [-0.2, -0.15) is 0 Å². The van der Waals surface area contributed by atoms with Crippen molar-refractivity contribution in [3.63, 3.8) is 0 Å². The van der Waals surface area contributed by atoms with Gasteiger partial charge in [-0.15, -0.1) is 0 Å². The molecule has 1 unspecified atom stereocenters. The van der Waals surface area contributed by atoms with Gasteiger partial charge in [0.05, 0.1) is 13.0 Å². The van der Waals surface area contributed by atoms with Gasteiger partial charge in [-0.1, -0.05) is 24.6 Å². The number of hydrogen-bond acceptors (Lipinski definition) is 4. The lowest BCUT2D eigenvalue weighted by Crippen LogP contribution is -2.31. The van der Waals surface area contributed by atoms with E-state index in [1.165, 1.54) is 7.11 Å². The van der Waals surface area contributed by atoms with E-state index in [2.05, 4.69) is 10.1 Å². The van der Waals surface area contributed by atoms with Crippen LogP contribution in [0, 0.1) is 5.92 Å². The molecular formula is C15H21ClN2O3. The van der Waals surface area contributed by atoms with Crippen LogP contribution in [0.25, 0.3) is 0 Å².